The molecule has 0 N–H and O–H groups in total. The van der Waals surface area contributed by atoms with Crippen LogP contribution in [0.3, 0.4) is 0 Å². The Morgan fingerprint density at radius 1 is 1.36 bits per heavy atom. The number of rotatable bonds is 3. The number of amides is 1. The van der Waals surface area contributed by atoms with Crippen molar-refractivity contribution in [2.75, 3.05) is 6.79 Å². The molecule has 0 unspecified atom stereocenters. The molecule has 0 aliphatic carbocycles. The van der Waals surface area contributed by atoms with E-state index in [9.17, 15) is 4.79 Å². The van der Waals surface area contributed by atoms with E-state index < -0.39 is 0 Å². The Hall–Kier alpha value is -2.61. The number of aromatic nitrogens is 3. The summed E-state index contributed by atoms with van der Waals surface area (Å²) in [4.78, 5) is 17.4. The Labute approximate surface area is 148 Å². The molecule has 25 heavy (non-hydrogen) atoms. The molecule has 2 aromatic heterocycles. The van der Waals surface area contributed by atoms with Crippen LogP contribution in [-0.2, 0) is 6.54 Å². The van der Waals surface area contributed by atoms with Gasteiger partial charge in [0.2, 0.25) is 6.79 Å². The first kappa shape index (κ1) is 15.9. The lowest BCUT2D eigenvalue weighted by molar-refractivity contribution is 0.0992. The van der Waals surface area contributed by atoms with Crippen molar-refractivity contribution in [2.24, 2.45) is 4.99 Å². The van der Waals surface area contributed by atoms with Gasteiger partial charge in [-0.1, -0.05) is 11.3 Å². The molecule has 0 spiro atoms. The molecular weight excluding hydrogens is 340 g/mol. The molecule has 0 bridgehead atoms. The van der Waals surface area contributed by atoms with Gasteiger partial charge in [0, 0.05) is 30.9 Å². The monoisotopic (exact) mass is 358 g/mol. The van der Waals surface area contributed by atoms with Crippen molar-refractivity contribution in [2.45, 2.75) is 33.4 Å². The molecule has 1 aliphatic heterocycles. The average Bonchev–Trinajstić information content (AvgIpc) is 3.30. The fourth-order valence-electron chi connectivity index (χ4n) is 2.73. The van der Waals surface area contributed by atoms with E-state index in [0.717, 1.165) is 21.7 Å². The molecule has 1 amide bonds. The molecule has 1 aromatic carbocycles. The first-order valence-electron chi connectivity index (χ1n) is 8.14. The van der Waals surface area contributed by atoms with E-state index in [1.54, 1.807) is 16.9 Å². The Kier molecular flexibility index (Phi) is 3.84. The van der Waals surface area contributed by atoms with Crippen LogP contribution < -0.4 is 14.3 Å². The Bertz CT molecular complexity index is 1030. The van der Waals surface area contributed by atoms with Crippen molar-refractivity contribution in [1.29, 1.82) is 0 Å². The number of carbonyl (C=O) groups is 1. The van der Waals surface area contributed by atoms with Gasteiger partial charge in [-0.05, 0) is 26.8 Å². The third-order valence-corrected chi connectivity index (χ3v) is 5.09. The second-order valence-corrected chi connectivity index (χ2v) is 7.00. The predicted molar refractivity (Wildman–Crippen MR) is 94.1 cm³/mol. The van der Waals surface area contributed by atoms with E-state index in [1.807, 2.05) is 37.5 Å². The number of aryl methyl sites for hydroxylation is 1. The highest BCUT2D eigenvalue weighted by Crippen LogP contribution is 2.36. The molecular formula is C17H18N4O3S. The van der Waals surface area contributed by atoms with Crippen molar-refractivity contribution in [1.82, 2.24) is 14.3 Å². The van der Waals surface area contributed by atoms with E-state index in [2.05, 4.69) is 10.1 Å². The molecule has 3 aromatic rings. The van der Waals surface area contributed by atoms with Crippen LogP contribution in [0.1, 0.15) is 37.3 Å². The number of fused-ring (bicyclic) bond motifs is 2. The number of hydrogen-bond donors (Lipinski definition) is 0. The molecule has 0 radical (unpaired) electrons. The fourth-order valence-corrected chi connectivity index (χ4v) is 3.84. The summed E-state index contributed by atoms with van der Waals surface area (Å²) in [5, 5.41) is 4.29. The van der Waals surface area contributed by atoms with Crippen molar-refractivity contribution in [3.8, 4) is 11.5 Å². The predicted octanol–water partition coefficient (Wildman–Crippen LogP) is 2.97. The maximum Gasteiger partial charge on any atom is 0.300 e. The van der Waals surface area contributed by atoms with Crippen molar-refractivity contribution in [3.05, 3.63) is 34.9 Å². The zero-order valence-corrected chi connectivity index (χ0v) is 15.0. The topological polar surface area (TPSA) is 70.6 Å². The van der Waals surface area contributed by atoms with Gasteiger partial charge in [0.25, 0.3) is 5.91 Å². The molecule has 0 atom stereocenters. The van der Waals surface area contributed by atoms with Crippen LogP contribution in [-0.4, -0.2) is 27.0 Å². The summed E-state index contributed by atoms with van der Waals surface area (Å²) in [6, 6.07) is 5.78. The van der Waals surface area contributed by atoms with Gasteiger partial charge in [0.1, 0.15) is 0 Å². The van der Waals surface area contributed by atoms with Crippen LogP contribution in [0.25, 0.3) is 10.2 Å². The number of thiazole rings is 1. The molecule has 0 saturated carbocycles. The van der Waals surface area contributed by atoms with Gasteiger partial charge in [-0.25, -0.2) is 0 Å². The molecule has 8 heteroatoms. The second-order valence-electron chi connectivity index (χ2n) is 5.99. The van der Waals surface area contributed by atoms with Crippen LogP contribution in [0.5, 0.6) is 11.5 Å². The van der Waals surface area contributed by atoms with Gasteiger partial charge in [0.15, 0.2) is 22.0 Å². The first-order valence-corrected chi connectivity index (χ1v) is 8.95. The zero-order chi connectivity index (χ0) is 17.6. The van der Waals surface area contributed by atoms with Gasteiger partial charge < -0.3 is 14.0 Å². The second kappa shape index (κ2) is 6.03. The molecule has 7 nitrogen and oxygen atoms in total. The van der Waals surface area contributed by atoms with Gasteiger partial charge in [-0.2, -0.15) is 10.1 Å². The van der Waals surface area contributed by atoms with Crippen molar-refractivity contribution >= 4 is 27.5 Å². The Morgan fingerprint density at radius 3 is 2.80 bits per heavy atom. The zero-order valence-electron chi connectivity index (χ0n) is 14.2. The summed E-state index contributed by atoms with van der Waals surface area (Å²) < 4.78 is 15.6. The van der Waals surface area contributed by atoms with E-state index in [-0.39, 0.29) is 18.7 Å². The summed E-state index contributed by atoms with van der Waals surface area (Å²) in [5.41, 5.74) is 1.33. The fraction of sp³-hybridized carbons (Fsp3) is 0.353. The standard InChI is InChI=1S/C17H18N4O3S/c1-4-20-12-7-13-14(24-9-23-13)8-15(12)25-17(20)18-16(22)11-5-6-21(19-11)10(2)3/h5-8,10H,4,9H2,1-3H3. The summed E-state index contributed by atoms with van der Waals surface area (Å²) >= 11 is 1.46. The first-order chi connectivity index (χ1) is 12.1. The quantitative estimate of drug-likeness (QED) is 0.722. The maximum absolute atomic E-state index is 12.5. The van der Waals surface area contributed by atoms with E-state index in [4.69, 9.17) is 9.47 Å². The Morgan fingerprint density at radius 2 is 2.12 bits per heavy atom. The molecule has 4 rings (SSSR count). The highest BCUT2D eigenvalue weighted by Gasteiger charge is 2.18. The highest BCUT2D eigenvalue weighted by molar-refractivity contribution is 7.16. The van der Waals surface area contributed by atoms with E-state index in [1.165, 1.54) is 11.3 Å². The normalized spacial score (nSPS) is 14.0. The number of hydrogen-bond acceptors (Lipinski definition) is 5. The highest BCUT2D eigenvalue weighted by atomic mass is 32.1. The minimum atomic E-state index is -0.340. The van der Waals surface area contributed by atoms with Gasteiger partial charge in [-0.3, -0.25) is 9.48 Å². The van der Waals surface area contributed by atoms with E-state index >= 15 is 0 Å². The summed E-state index contributed by atoms with van der Waals surface area (Å²) in [5.74, 6) is 1.11. The third-order valence-electron chi connectivity index (χ3n) is 4.05. The lowest BCUT2D eigenvalue weighted by Crippen LogP contribution is -2.16. The molecule has 0 saturated heterocycles. The van der Waals surface area contributed by atoms with Crippen LogP contribution >= 0.6 is 11.3 Å². The average molecular weight is 358 g/mol. The van der Waals surface area contributed by atoms with Crippen molar-refractivity contribution < 1.29 is 14.3 Å². The van der Waals surface area contributed by atoms with E-state index in [0.29, 0.717) is 17.0 Å². The number of benzene rings is 1. The summed E-state index contributed by atoms with van der Waals surface area (Å²) in [6.45, 7) is 6.99. The minimum absolute atomic E-state index is 0.203. The molecule has 1 aliphatic rings. The largest absolute Gasteiger partial charge is 0.454 e. The third kappa shape index (κ3) is 2.72. The summed E-state index contributed by atoms with van der Waals surface area (Å²) in [7, 11) is 0. The SMILES string of the molecule is CCn1c(=NC(=O)c2ccn(C(C)C)n2)sc2cc3c(cc21)OCO3. The minimum Gasteiger partial charge on any atom is -0.454 e. The van der Waals surface area contributed by atoms with Gasteiger partial charge in [0.05, 0.1) is 10.2 Å². The number of ether oxygens (including phenoxy) is 2. The molecule has 3 heterocycles. The molecule has 130 valence electrons. The lowest BCUT2D eigenvalue weighted by Gasteiger charge is -2.03. The smallest absolute Gasteiger partial charge is 0.300 e. The lowest BCUT2D eigenvalue weighted by atomic mass is 10.3. The number of nitrogens with zero attached hydrogens (tertiary/aromatic N) is 4. The van der Waals surface area contributed by atoms with Crippen LogP contribution in [0.2, 0.25) is 0 Å². The molecule has 0 fully saturated rings. The maximum atomic E-state index is 12.5. The number of carbonyl (C=O) groups excluding carboxylic acids is 1. The summed E-state index contributed by atoms with van der Waals surface area (Å²) in [6.07, 6.45) is 1.80. The van der Waals surface area contributed by atoms with Gasteiger partial charge >= 0.3 is 0 Å². The van der Waals surface area contributed by atoms with Gasteiger partial charge in [-0.15, -0.1) is 0 Å². The van der Waals surface area contributed by atoms with Crippen LogP contribution in [0, 0.1) is 0 Å². The van der Waals surface area contributed by atoms with Crippen molar-refractivity contribution in [3.63, 3.8) is 0 Å². The van der Waals surface area contributed by atoms with Crippen LogP contribution in [0.15, 0.2) is 29.4 Å². The Balaban J connectivity index is 1.79. The van der Waals surface area contributed by atoms with Crippen LogP contribution in [0.4, 0.5) is 0 Å².